The normalized spacial score (nSPS) is 16.3. The van der Waals surface area contributed by atoms with Crippen LogP contribution < -0.4 is 5.56 Å². The predicted molar refractivity (Wildman–Crippen MR) is 78.9 cm³/mol. The molecule has 2 aromatic rings. The van der Waals surface area contributed by atoms with E-state index in [0.717, 1.165) is 25.9 Å². The maximum absolute atomic E-state index is 12.6. The zero-order valence-electron chi connectivity index (χ0n) is 12.0. The van der Waals surface area contributed by atoms with Gasteiger partial charge in [0.05, 0.1) is 5.39 Å². The Morgan fingerprint density at radius 1 is 1.29 bits per heavy atom. The minimum Gasteiger partial charge on any atom is -0.341 e. The lowest BCUT2D eigenvalue weighted by Crippen LogP contribution is -2.40. The highest BCUT2D eigenvalue weighted by molar-refractivity contribution is 5.81. The number of rotatable bonds is 3. The number of carbonyl (C=O) groups is 1. The quantitative estimate of drug-likeness (QED) is 0.854. The highest BCUT2D eigenvalue weighted by Gasteiger charge is 2.28. The maximum atomic E-state index is 12.6. The van der Waals surface area contributed by atoms with Gasteiger partial charge in [-0.1, -0.05) is 24.3 Å². The lowest BCUT2D eigenvalue weighted by atomic mass is 10.2. The molecular weight excluding hydrogens is 268 g/mol. The van der Waals surface area contributed by atoms with Crippen LogP contribution in [0.4, 0.5) is 0 Å². The first-order valence-corrected chi connectivity index (χ1v) is 7.35. The zero-order valence-corrected chi connectivity index (χ0v) is 12.0. The van der Waals surface area contributed by atoms with E-state index in [1.54, 1.807) is 18.2 Å². The van der Waals surface area contributed by atoms with Crippen molar-refractivity contribution < 1.29 is 4.79 Å². The Morgan fingerprint density at radius 2 is 2.00 bits per heavy atom. The Hall–Kier alpha value is -2.24. The number of aromatic nitrogens is 3. The van der Waals surface area contributed by atoms with Gasteiger partial charge in [-0.2, -0.15) is 4.68 Å². The molecular formula is C15H18N4O2. The monoisotopic (exact) mass is 286 g/mol. The number of hydrogen-bond donors (Lipinski definition) is 0. The van der Waals surface area contributed by atoms with E-state index in [1.807, 2.05) is 17.9 Å². The molecule has 1 aliphatic rings. The van der Waals surface area contributed by atoms with Gasteiger partial charge in [0, 0.05) is 13.1 Å². The number of benzene rings is 1. The lowest BCUT2D eigenvalue weighted by molar-refractivity contribution is -0.134. The molecule has 1 saturated heterocycles. The first kappa shape index (κ1) is 13.7. The molecule has 2 heterocycles. The molecule has 6 heteroatoms. The first-order valence-electron chi connectivity index (χ1n) is 7.35. The van der Waals surface area contributed by atoms with Gasteiger partial charge in [-0.3, -0.25) is 9.59 Å². The Bertz CT molecular complexity index is 719. The number of fused-ring (bicyclic) bond motifs is 1. The summed E-state index contributed by atoms with van der Waals surface area (Å²) in [5.41, 5.74) is 0.308. The second-order valence-electron chi connectivity index (χ2n) is 5.31. The molecule has 21 heavy (non-hydrogen) atoms. The van der Waals surface area contributed by atoms with Crippen LogP contribution in [-0.4, -0.2) is 38.9 Å². The van der Waals surface area contributed by atoms with Crippen LogP contribution in [-0.2, 0) is 4.79 Å². The van der Waals surface area contributed by atoms with Gasteiger partial charge in [-0.05, 0) is 31.4 Å². The third kappa shape index (κ3) is 2.41. The van der Waals surface area contributed by atoms with E-state index in [9.17, 15) is 9.59 Å². The molecule has 1 fully saturated rings. The molecule has 1 atom stereocenters. The average Bonchev–Trinajstić information content (AvgIpc) is 3.04. The summed E-state index contributed by atoms with van der Waals surface area (Å²) in [4.78, 5) is 26.9. The van der Waals surface area contributed by atoms with Crippen LogP contribution in [0.2, 0.25) is 0 Å². The van der Waals surface area contributed by atoms with Gasteiger partial charge in [0.15, 0.2) is 0 Å². The molecule has 0 aliphatic carbocycles. The van der Waals surface area contributed by atoms with E-state index in [2.05, 4.69) is 10.3 Å². The fourth-order valence-corrected chi connectivity index (χ4v) is 2.81. The second kappa shape index (κ2) is 5.63. The van der Waals surface area contributed by atoms with Crippen molar-refractivity contribution in [3.8, 4) is 0 Å². The van der Waals surface area contributed by atoms with Gasteiger partial charge in [0.2, 0.25) is 5.91 Å². The van der Waals surface area contributed by atoms with Gasteiger partial charge < -0.3 is 4.90 Å². The predicted octanol–water partition coefficient (Wildman–Crippen LogP) is 1.36. The van der Waals surface area contributed by atoms with E-state index in [1.165, 1.54) is 4.68 Å². The number of likely N-dealkylation sites (tertiary alicyclic amines) is 1. The summed E-state index contributed by atoms with van der Waals surface area (Å²) >= 11 is 0. The summed E-state index contributed by atoms with van der Waals surface area (Å²) in [7, 11) is 0. The van der Waals surface area contributed by atoms with E-state index < -0.39 is 6.04 Å². The molecule has 1 aromatic carbocycles. The summed E-state index contributed by atoms with van der Waals surface area (Å²) in [6.07, 6.45) is 2.59. The van der Waals surface area contributed by atoms with Crippen LogP contribution in [0.25, 0.3) is 10.9 Å². The van der Waals surface area contributed by atoms with Crippen molar-refractivity contribution in [1.82, 2.24) is 19.9 Å². The summed E-state index contributed by atoms with van der Waals surface area (Å²) in [6.45, 7) is 3.43. The molecule has 110 valence electrons. The smallest absolute Gasteiger partial charge is 0.278 e. The maximum Gasteiger partial charge on any atom is 0.278 e. The van der Waals surface area contributed by atoms with Gasteiger partial charge >= 0.3 is 0 Å². The number of hydrogen-bond acceptors (Lipinski definition) is 4. The Kier molecular flexibility index (Phi) is 3.68. The van der Waals surface area contributed by atoms with Crippen molar-refractivity contribution >= 4 is 16.8 Å². The molecule has 0 unspecified atom stereocenters. The highest BCUT2D eigenvalue weighted by Crippen LogP contribution is 2.17. The topological polar surface area (TPSA) is 68.1 Å². The van der Waals surface area contributed by atoms with Crippen LogP contribution in [0, 0.1) is 0 Å². The molecule has 1 aromatic heterocycles. The van der Waals surface area contributed by atoms with Gasteiger partial charge in [0.25, 0.3) is 5.56 Å². The van der Waals surface area contributed by atoms with Crippen LogP contribution in [0.3, 0.4) is 0 Å². The lowest BCUT2D eigenvalue weighted by Gasteiger charge is -2.22. The number of amides is 1. The highest BCUT2D eigenvalue weighted by atomic mass is 16.2. The Morgan fingerprint density at radius 3 is 2.71 bits per heavy atom. The van der Waals surface area contributed by atoms with E-state index in [0.29, 0.717) is 17.3 Å². The number of carbonyl (C=O) groups excluding carboxylic acids is 1. The van der Waals surface area contributed by atoms with Crippen molar-refractivity contribution in [3.05, 3.63) is 34.6 Å². The summed E-state index contributed by atoms with van der Waals surface area (Å²) < 4.78 is 1.24. The molecule has 6 nitrogen and oxygen atoms in total. The fourth-order valence-electron chi connectivity index (χ4n) is 2.81. The first-order chi connectivity index (χ1) is 10.2. The molecule has 1 aliphatic heterocycles. The van der Waals surface area contributed by atoms with E-state index in [4.69, 9.17) is 0 Å². The van der Waals surface area contributed by atoms with Crippen molar-refractivity contribution in [2.45, 2.75) is 32.2 Å². The SMILES string of the molecule is CC[C@H](C(=O)N1CCCC1)n1nnc2ccccc2c1=O. The standard InChI is InChI=1S/C15H18N4O2/c1-2-13(15(21)18-9-5-6-10-18)19-14(20)11-7-3-4-8-12(11)16-17-19/h3-4,7-8,13H,2,5-6,9-10H2,1H3/t13-/m1/s1. The molecule has 0 radical (unpaired) electrons. The molecule has 1 amide bonds. The molecule has 3 rings (SSSR count). The van der Waals surface area contributed by atoms with Crippen LogP contribution in [0.5, 0.6) is 0 Å². The molecule has 0 saturated carbocycles. The summed E-state index contributed by atoms with van der Waals surface area (Å²) in [6, 6.07) is 6.51. The summed E-state index contributed by atoms with van der Waals surface area (Å²) in [5, 5.41) is 8.54. The summed E-state index contributed by atoms with van der Waals surface area (Å²) in [5.74, 6) is -0.0262. The second-order valence-corrected chi connectivity index (χ2v) is 5.31. The average molecular weight is 286 g/mol. The van der Waals surface area contributed by atoms with Gasteiger partial charge in [-0.25, -0.2) is 0 Å². The van der Waals surface area contributed by atoms with Crippen LogP contribution in [0.1, 0.15) is 32.2 Å². The Labute approximate surface area is 122 Å². The van der Waals surface area contributed by atoms with E-state index >= 15 is 0 Å². The van der Waals surface area contributed by atoms with Crippen molar-refractivity contribution in [3.63, 3.8) is 0 Å². The fraction of sp³-hybridized carbons (Fsp3) is 0.467. The van der Waals surface area contributed by atoms with Crippen LogP contribution >= 0.6 is 0 Å². The molecule has 0 N–H and O–H groups in total. The van der Waals surface area contributed by atoms with Gasteiger partial charge in [-0.15, -0.1) is 5.10 Å². The molecule has 0 spiro atoms. The van der Waals surface area contributed by atoms with E-state index in [-0.39, 0.29) is 11.5 Å². The minimum atomic E-state index is -0.562. The third-order valence-electron chi connectivity index (χ3n) is 3.98. The van der Waals surface area contributed by atoms with Crippen molar-refractivity contribution in [2.24, 2.45) is 0 Å². The molecule has 0 bridgehead atoms. The number of nitrogens with zero attached hydrogens (tertiary/aromatic N) is 4. The largest absolute Gasteiger partial charge is 0.341 e. The van der Waals surface area contributed by atoms with Crippen molar-refractivity contribution in [1.29, 1.82) is 0 Å². The van der Waals surface area contributed by atoms with Crippen LogP contribution in [0.15, 0.2) is 29.1 Å². The van der Waals surface area contributed by atoms with Gasteiger partial charge in [0.1, 0.15) is 11.6 Å². The van der Waals surface area contributed by atoms with Crippen molar-refractivity contribution in [2.75, 3.05) is 13.1 Å². The zero-order chi connectivity index (χ0) is 14.8. The third-order valence-corrected chi connectivity index (χ3v) is 3.98. The minimum absolute atomic E-state index is 0.0262. The Balaban J connectivity index is 2.02.